The van der Waals surface area contributed by atoms with E-state index in [-0.39, 0.29) is 43.0 Å². The van der Waals surface area contributed by atoms with Crippen molar-refractivity contribution in [1.29, 1.82) is 0 Å². The Kier molecular flexibility index (Phi) is 9.01. The van der Waals surface area contributed by atoms with Crippen molar-refractivity contribution in [3.8, 4) is 0 Å². The van der Waals surface area contributed by atoms with Gasteiger partial charge in [0, 0.05) is 45.0 Å². The Morgan fingerprint density at radius 2 is 1.90 bits per heavy atom. The monoisotopic (exact) mass is 574 g/mol. The molecule has 2 N–H and O–H groups in total. The first kappa shape index (κ1) is 25.7. The van der Waals surface area contributed by atoms with Crippen molar-refractivity contribution in [2.24, 2.45) is 10.9 Å². The second kappa shape index (κ2) is 10.9. The van der Waals surface area contributed by atoms with Crippen molar-refractivity contribution in [2.45, 2.75) is 24.8 Å². The molecule has 0 amide bonds. The number of para-hydroxylation sites is 1. The molecule has 2 heterocycles. The third-order valence-corrected chi connectivity index (χ3v) is 6.76. The zero-order valence-electron chi connectivity index (χ0n) is 17.0. The molecule has 1 fully saturated rings. The summed E-state index contributed by atoms with van der Waals surface area (Å²) < 4.78 is 67.1. The maximum atomic E-state index is 12.6. The standard InChI is InChI=1S/C19H25F3N4O3S.HI/c1-23-18(24-9-6-16-12-15-4-2-3-5-17(15)29-16)25-13-14-7-10-26(11-8-14)30(27,28)19(20,21)22;/h2-5,12,14H,6-11,13H2,1H3,(H2,23,24,25);1H. The lowest BCUT2D eigenvalue weighted by atomic mass is 9.98. The van der Waals surface area contributed by atoms with Gasteiger partial charge in [0.1, 0.15) is 11.3 Å². The largest absolute Gasteiger partial charge is 0.511 e. The molecule has 1 aromatic heterocycles. The van der Waals surface area contributed by atoms with E-state index in [4.69, 9.17) is 4.42 Å². The predicted molar refractivity (Wildman–Crippen MR) is 124 cm³/mol. The number of hydrogen-bond donors (Lipinski definition) is 2. The van der Waals surface area contributed by atoms with Gasteiger partial charge in [0.05, 0.1) is 0 Å². The van der Waals surface area contributed by atoms with Gasteiger partial charge in [-0.3, -0.25) is 4.99 Å². The summed E-state index contributed by atoms with van der Waals surface area (Å²) in [4.78, 5) is 4.14. The van der Waals surface area contributed by atoms with Crippen LogP contribution in [0.15, 0.2) is 39.7 Å². The fraction of sp³-hybridized carbons (Fsp3) is 0.526. The van der Waals surface area contributed by atoms with E-state index in [1.807, 2.05) is 30.3 Å². The number of sulfonamides is 1. The highest BCUT2D eigenvalue weighted by atomic mass is 127. The second-order valence-corrected chi connectivity index (χ2v) is 9.10. The first-order chi connectivity index (χ1) is 14.2. The Morgan fingerprint density at radius 1 is 1.23 bits per heavy atom. The first-order valence-corrected chi connectivity index (χ1v) is 11.1. The summed E-state index contributed by atoms with van der Waals surface area (Å²) in [6.07, 6.45) is 1.39. The van der Waals surface area contributed by atoms with Crippen LogP contribution in [-0.4, -0.2) is 57.4 Å². The van der Waals surface area contributed by atoms with E-state index in [2.05, 4.69) is 15.6 Å². The molecule has 1 aliphatic rings. The third-order valence-electron chi connectivity index (χ3n) is 5.13. The van der Waals surface area contributed by atoms with Crippen molar-refractivity contribution in [3.05, 3.63) is 36.1 Å². The van der Waals surface area contributed by atoms with Gasteiger partial charge < -0.3 is 15.1 Å². The number of aliphatic imine (C=N–C) groups is 1. The zero-order valence-corrected chi connectivity index (χ0v) is 20.1. The van der Waals surface area contributed by atoms with Gasteiger partial charge >= 0.3 is 15.5 Å². The zero-order chi connectivity index (χ0) is 21.8. The Morgan fingerprint density at radius 3 is 2.52 bits per heavy atom. The summed E-state index contributed by atoms with van der Waals surface area (Å²) in [5, 5.41) is 7.38. The van der Waals surface area contributed by atoms with Gasteiger partial charge in [0.15, 0.2) is 5.96 Å². The quantitative estimate of drug-likeness (QED) is 0.314. The number of halogens is 4. The van der Waals surface area contributed by atoms with Crippen LogP contribution in [0, 0.1) is 5.92 Å². The van der Waals surface area contributed by atoms with Crippen LogP contribution in [0.4, 0.5) is 13.2 Å². The minimum Gasteiger partial charge on any atom is -0.461 e. The minimum atomic E-state index is -5.25. The van der Waals surface area contributed by atoms with Gasteiger partial charge in [0.2, 0.25) is 0 Å². The SMILES string of the molecule is CN=C(NCCc1cc2ccccc2o1)NCC1CCN(S(=O)(=O)C(F)(F)F)CC1.I. The van der Waals surface area contributed by atoms with Crippen LogP contribution in [0.3, 0.4) is 0 Å². The molecule has 0 bridgehead atoms. The Hall–Kier alpha value is -1.54. The molecule has 12 heteroatoms. The van der Waals surface area contributed by atoms with Gasteiger partial charge in [-0.1, -0.05) is 18.2 Å². The number of guanidine groups is 1. The molecule has 0 spiro atoms. The smallest absolute Gasteiger partial charge is 0.461 e. The summed E-state index contributed by atoms with van der Waals surface area (Å²) >= 11 is 0. The van der Waals surface area contributed by atoms with Gasteiger partial charge in [-0.05, 0) is 30.9 Å². The van der Waals surface area contributed by atoms with Crippen molar-refractivity contribution in [1.82, 2.24) is 14.9 Å². The summed E-state index contributed by atoms with van der Waals surface area (Å²) in [7, 11) is -3.61. The maximum absolute atomic E-state index is 12.6. The highest BCUT2D eigenvalue weighted by molar-refractivity contribution is 14.0. The number of hydrogen-bond acceptors (Lipinski definition) is 4. The van der Waals surface area contributed by atoms with Gasteiger partial charge in [0.25, 0.3) is 0 Å². The lowest BCUT2D eigenvalue weighted by Gasteiger charge is -2.31. The van der Waals surface area contributed by atoms with E-state index in [9.17, 15) is 21.6 Å². The molecule has 1 aliphatic heterocycles. The van der Waals surface area contributed by atoms with Crippen LogP contribution in [0.25, 0.3) is 11.0 Å². The molecule has 2 aromatic rings. The van der Waals surface area contributed by atoms with Gasteiger partial charge in [-0.15, -0.1) is 24.0 Å². The maximum Gasteiger partial charge on any atom is 0.511 e. The molecule has 31 heavy (non-hydrogen) atoms. The number of furan rings is 1. The number of nitrogens with zero attached hydrogens (tertiary/aromatic N) is 2. The van der Waals surface area contributed by atoms with E-state index >= 15 is 0 Å². The average molecular weight is 574 g/mol. The predicted octanol–water partition coefficient (Wildman–Crippen LogP) is 3.32. The van der Waals surface area contributed by atoms with Crippen LogP contribution < -0.4 is 10.6 Å². The topological polar surface area (TPSA) is 86.9 Å². The van der Waals surface area contributed by atoms with Crippen molar-refractivity contribution in [2.75, 3.05) is 33.2 Å². The molecule has 3 rings (SSSR count). The number of rotatable bonds is 6. The molecular weight excluding hydrogens is 548 g/mol. The van der Waals surface area contributed by atoms with E-state index in [0.717, 1.165) is 16.7 Å². The van der Waals surface area contributed by atoms with Gasteiger partial charge in [-0.25, -0.2) is 8.42 Å². The molecular formula is C19H26F3IN4O3S. The molecule has 0 unspecified atom stereocenters. The highest BCUT2D eigenvalue weighted by Gasteiger charge is 2.50. The fourth-order valence-corrected chi connectivity index (χ4v) is 4.41. The van der Waals surface area contributed by atoms with E-state index in [1.165, 1.54) is 0 Å². The van der Waals surface area contributed by atoms with Crippen molar-refractivity contribution < 1.29 is 26.0 Å². The number of nitrogens with one attached hydrogen (secondary N) is 2. The molecule has 0 radical (unpaired) electrons. The van der Waals surface area contributed by atoms with Crippen LogP contribution in [0.1, 0.15) is 18.6 Å². The van der Waals surface area contributed by atoms with E-state index in [1.54, 1.807) is 7.05 Å². The van der Waals surface area contributed by atoms with E-state index < -0.39 is 15.5 Å². The average Bonchev–Trinajstić information content (AvgIpc) is 3.13. The summed E-state index contributed by atoms with van der Waals surface area (Å²) in [6.45, 7) is 0.838. The number of fused-ring (bicyclic) bond motifs is 1. The number of piperidine rings is 1. The van der Waals surface area contributed by atoms with Crippen molar-refractivity contribution in [3.63, 3.8) is 0 Å². The van der Waals surface area contributed by atoms with Crippen LogP contribution in [0.2, 0.25) is 0 Å². The molecule has 174 valence electrons. The second-order valence-electron chi connectivity index (χ2n) is 7.17. The van der Waals surface area contributed by atoms with Gasteiger partial charge in [-0.2, -0.15) is 17.5 Å². The summed E-state index contributed by atoms with van der Waals surface area (Å²) in [6, 6.07) is 9.77. The Bertz CT molecular complexity index is 954. The Labute approximate surface area is 196 Å². The Balaban J connectivity index is 0.00000341. The normalized spacial score (nSPS) is 16.8. The molecule has 1 aromatic carbocycles. The summed E-state index contributed by atoms with van der Waals surface area (Å²) in [5.41, 5.74) is -4.40. The molecule has 7 nitrogen and oxygen atoms in total. The highest BCUT2D eigenvalue weighted by Crippen LogP contribution is 2.30. The van der Waals surface area contributed by atoms with Crippen LogP contribution >= 0.6 is 24.0 Å². The molecule has 0 atom stereocenters. The first-order valence-electron chi connectivity index (χ1n) is 9.69. The summed E-state index contributed by atoms with van der Waals surface area (Å²) in [5.74, 6) is 1.51. The van der Waals surface area contributed by atoms with Crippen LogP contribution in [0.5, 0.6) is 0 Å². The minimum absolute atomic E-state index is 0. The molecule has 1 saturated heterocycles. The molecule has 0 saturated carbocycles. The molecule has 0 aliphatic carbocycles. The van der Waals surface area contributed by atoms with E-state index in [0.29, 0.717) is 42.6 Å². The number of alkyl halides is 3. The van der Waals surface area contributed by atoms with Crippen LogP contribution in [-0.2, 0) is 16.4 Å². The lowest BCUT2D eigenvalue weighted by molar-refractivity contribution is -0.0496. The fourth-order valence-electron chi connectivity index (χ4n) is 3.43. The third kappa shape index (κ3) is 6.48. The number of benzene rings is 1. The lowest BCUT2D eigenvalue weighted by Crippen LogP contribution is -2.47. The van der Waals surface area contributed by atoms with Crippen molar-refractivity contribution >= 4 is 50.9 Å².